The lowest BCUT2D eigenvalue weighted by molar-refractivity contribution is 0.0694. The molecule has 0 aliphatic heterocycles. The predicted octanol–water partition coefficient (Wildman–Crippen LogP) is 0.853. The Labute approximate surface area is 107 Å². The summed E-state index contributed by atoms with van der Waals surface area (Å²) in [4.78, 5) is 10.1. The molecule has 2 rings (SSSR count). The van der Waals surface area contributed by atoms with Gasteiger partial charge in [0.25, 0.3) is 0 Å². The summed E-state index contributed by atoms with van der Waals surface area (Å²) in [5.41, 5.74) is -0.465. The largest absolute Gasteiger partial charge is 0.744 e. The third-order valence-corrected chi connectivity index (χ3v) is 3.35. The van der Waals surface area contributed by atoms with E-state index in [0.29, 0.717) is 0 Å². The minimum absolute atomic E-state index is 0.0182. The molecule has 0 aliphatic carbocycles. The van der Waals surface area contributed by atoms with E-state index in [1.165, 1.54) is 0 Å². The van der Waals surface area contributed by atoms with Crippen molar-refractivity contribution in [3.8, 4) is 11.5 Å². The average Bonchev–Trinajstić information content (AvgIpc) is 2.27. The van der Waals surface area contributed by atoms with E-state index in [1.807, 2.05) is 0 Å². The van der Waals surface area contributed by atoms with Gasteiger partial charge in [-0.2, -0.15) is 0 Å². The second-order valence-electron chi connectivity index (χ2n) is 3.79. The number of rotatable bonds is 2. The van der Waals surface area contributed by atoms with Gasteiger partial charge in [-0.25, -0.2) is 13.2 Å². The minimum atomic E-state index is -4.78. The average molecular weight is 283 g/mol. The first-order valence-electron chi connectivity index (χ1n) is 4.89. The predicted molar refractivity (Wildman–Crippen MR) is 62.2 cm³/mol. The Bertz CT molecular complexity index is 792. The maximum Gasteiger partial charge on any atom is 0.339 e. The number of carbonyl (C=O) groups is 1. The molecular formula is C11H7O7S-. The fraction of sp³-hybridized carbons (Fsp3) is 0. The third-order valence-electron chi connectivity index (χ3n) is 2.54. The van der Waals surface area contributed by atoms with E-state index in [2.05, 4.69) is 0 Å². The van der Waals surface area contributed by atoms with E-state index in [-0.39, 0.29) is 10.8 Å². The second-order valence-corrected chi connectivity index (χ2v) is 5.17. The van der Waals surface area contributed by atoms with Gasteiger partial charge < -0.3 is 19.9 Å². The Morgan fingerprint density at radius 3 is 2.21 bits per heavy atom. The molecule has 8 heteroatoms. The number of aromatic hydroxyl groups is 2. The molecule has 0 bridgehead atoms. The molecule has 2 aromatic carbocycles. The van der Waals surface area contributed by atoms with Gasteiger partial charge in [0.1, 0.15) is 27.2 Å². The van der Waals surface area contributed by atoms with Gasteiger partial charge in [-0.1, -0.05) is 0 Å². The van der Waals surface area contributed by atoms with Crippen molar-refractivity contribution < 1.29 is 33.1 Å². The topological polar surface area (TPSA) is 135 Å². The Kier molecular flexibility index (Phi) is 2.84. The molecule has 0 aromatic heterocycles. The highest BCUT2D eigenvalue weighted by Crippen LogP contribution is 2.33. The molecule has 100 valence electrons. The highest BCUT2D eigenvalue weighted by atomic mass is 32.2. The molecule has 0 amide bonds. The normalized spacial score (nSPS) is 11.6. The molecule has 0 heterocycles. The van der Waals surface area contributed by atoms with Crippen LogP contribution in [-0.2, 0) is 10.1 Å². The van der Waals surface area contributed by atoms with Crippen molar-refractivity contribution in [1.29, 1.82) is 0 Å². The van der Waals surface area contributed by atoms with Crippen LogP contribution in [0.25, 0.3) is 10.8 Å². The van der Waals surface area contributed by atoms with Crippen LogP contribution in [0.4, 0.5) is 0 Å². The van der Waals surface area contributed by atoms with Crippen molar-refractivity contribution >= 4 is 26.9 Å². The molecule has 19 heavy (non-hydrogen) atoms. The summed E-state index contributed by atoms with van der Waals surface area (Å²) >= 11 is 0. The van der Waals surface area contributed by atoms with E-state index in [9.17, 15) is 28.0 Å². The summed E-state index contributed by atoms with van der Waals surface area (Å²) in [6.07, 6.45) is 0. The van der Waals surface area contributed by atoms with Gasteiger partial charge in [0.2, 0.25) is 0 Å². The van der Waals surface area contributed by atoms with Crippen LogP contribution in [0.2, 0.25) is 0 Å². The highest BCUT2D eigenvalue weighted by molar-refractivity contribution is 7.85. The SMILES string of the molecule is O=C(O)c1cc2cc(S(=O)(=O)[O-])cc(O)c2cc1O. The molecule has 0 saturated carbocycles. The van der Waals surface area contributed by atoms with Crippen LogP contribution in [0, 0.1) is 0 Å². The maximum atomic E-state index is 10.9. The molecule has 0 radical (unpaired) electrons. The van der Waals surface area contributed by atoms with E-state index in [4.69, 9.17) is 5.11 Å². The van der Waals surface area contributed by atoms with Crippen LogP contribution in [0.3, 0.4) is 0 Å². The lowest BCUT2D eigenvalue weighted by Gasteiger charge is -2.11. The molecule has 0 atom stereocenters. The van der Waals surface area contributed by atoms with Crippen molar-refractivity contribution in [1.82, 2.24) is 0 Å². The number of carboxylic acid groups (broad SMARTS) is 1. The molecule has 0 spiro atoms. The van der Waals surface area contributed by atoms with Gasteiger partial charge >= 0.3 is 5.97 Å². The fourth-order valence-corrected chi connectivity index (χ4v) is 2.20. The number of benzene rings is 2. The first-order chi connectivity index (χ1) is 8.70. The Balaban J connectivity index is 2.87. The van der Waals surface area contributed by atoms with Crippen LogP contribution >= 0.6 is 0 Å². The third kappa shape index (κ3) is 2.30. The zero-order chi connectivity index (χ0) is 14.4. The molecular weight excluding hydrogens is 276 g/mol. The Morgan fingerprint density at radius 1 is 1.05 bits per heavy atom. The van der Waals surface area contributed by atoms with Crippen LogP contribution in [0.5, 0.6) is 11.5 Å². The molecule has 3 N–H and O–H groups in total. The van der Waals surface area contributed by atoms with E-state index < -0.39 is 38.0 Å². The monoisotopic (exact) mass is 283 g/mol. The van der Waals surface area contributed by atoms with Crippen molar-refractivity contribution in [2.45, 2.75) is 4.90 Å². The Morgan fingerprint density at radius 2 is 1.68 bits per heavy atom. The van der Waals surface area contributed by atoms with Crippen LogP contribution in [0.15, 0.2) is 29.2 Å². The Hall–Kier alpha value is -2.32. The molecule has 0 aliphatic rings. The number of fused-ring (bicyclic) bond motifs is 1. The lowest BCUT2D eigenvalue weighted by atomic mass is 10.1. The van der Waals surface area contributed by atoms with E-state index in [0.717, 1.165) is 24.3 Å². The lowest BCUT2D eigenvalue weighted by Crippen LogP contribution is -2.00. The number of phenolic OH excluding ortho intramolecular Hbond substituents is 1. The second kappa shape index (κ2) is 4.11. The van der Waals surface area contributed by atoms with E-state index >= 15 is 0 Å². The van der Waals surface area contributed by atoms with Gasteiger partial charge in [0.15, 0.2) is 0 Å². The molecule has 0 fully saturated rings. The number of hydrogen-bond donors (Lipinski definition) is 3. The van der Waals surface area contributed by atoms with Crippen LogP contribution in [-0.4, -0.2) is 34.3 Å². The molecule has 0 unspecified atom stereocenters. The van der Waals surface area contributed by atoms with Crippen LogP contribution in [0.1, 0.15) is 10.4 Å². The summed E-state index contributed by atoms with van der Waals surface area (Å²) in [5, 5.41) is 27.9. The fourth-order valence-electron chi connectivity index (χ4n) is 1.67. The summed E-state index contributed by atoms with van der Waals surface area (Å²) in [7, 11) is -4.78. The van der Waals surface area contributed by atoms with Crippen LogP contribution < -0.4 is 0 Å². The van der Waals surface area contributed by atoms with Crippen molar-refractivity contribution in [3.63, 3.8) is 0 Å². The highest BCUT2D eigenvalue weighted by Gasteiger charge is 2.14. The summed E-state index contributed by atoms with van der Waals surface area (Å²) < 4.78 is 32.6. The number of carboxylic acids is 1. The number of aromatic carboxylic acids is 1. The van der Waals surface area contributed by atoms with Crippen molar-refractivity contribution in [2.75, 3.05) is 0 Å². The first kappa shape index (κ1) is 13.1. The standard InChI is InChI=1S/C11H8O7S/c12-9-3-6(19(16,17)18)1-5-2-8(11(14)15)10(13)4-7(5)9/h1-4,12-13H,(H,14,15)(H,16,17,18)/p-1. The molecule has 7 nitrogen and oxygen atoms in total. The first-order valence-corrected chi connectivity index (χ1v) is 6.30. The van der Waals surface area contributed by atoms with Gasteiger partial charge in [0, 0.05) is 5.39 Å². The van der Waals surface area contributed by atoms with Crippen molar-refractivity contribution in [2.24, 2.45) is 0 Å². The number of hydrogen-bond acceptors (Lipinski definition) is 6. The zero-order valence-corrected chi connectivity index (χ0v) is 10.0. The molecule has 2 aromatic rings. The van der Waals surface area contributed by atoms with Gasteiger partial charge in [-0.05, 0) is 29.7 Å². The summed E-state index contributed by atoms with van der Waals surface area (Å²) in [5.74, 6) is -2.54. The van der Waals surface area contributed by atoms with Gasteiger partial charge in [-0.3, -0.25) is 0 Å². The summed E-state index contributed by atoms with van der Waals surface area (Å²) in [6.45, 7) is 0. The van der Waals surface area contributed by atoms with Crippen molar-refractivity contribution in [3.05, 3.63) is 29.8 Å². The number of phenols is 2. The summed E-state index contributed by atoms with van der Waals surface area (Å²) in [6, 6.07) is 3.63. The zero-order valence-electron chi connectivity index (χ0n) is 9.19. The minimum Gasteiger partial charge on any atom is -0.744 e. The molecule has 0 saturated heterocycles. The van der Waals surface area contributed by atoms with Gasteiger partial charge in [0.05, 0.1) is 4.90 Å². The quantitative estimate of drug-likeness (QED) is 0.695. The smallest absolute Gasteiger partial charge is 0.339 e. The van der Waals surface area contributed by atoms with E-state index in [1.54, 1.807) is 0 Å². The maximum absolute atomic E-state index is 10.9. The van der Waals surface area contributed by atoms with Gasteiger partial charge in [-0.15, -0.1) is 0 Å².